The molecule has 1 unspecified atom stereocenters. The minimum atomic E-state index is -4.89. The number of hydrogen-bond donors (Lipinski definition) is 3. The molecule has 1 aliphatic rings. The summed E-state index contributed by atoms with van der Waals surface area (Å²) in [6, 6.07) is 13.5. The van der Waals surface area contributed by atoms with Crippen LogP contribution < -0.4 is 15.4 Å². The summed E-state index contributed by atoms with van der Waals surface area (Å²) in [4.78, 5) is 52.0. The summed E-state index contributed by atoms with van der Waals surface area (Å²) in [5, 5.41) is 6.20. The molecule has 13 nitrogen and oxygen atoms in total. The van der Waals surface area contributed by atoms with Crippen LogP contribution in [-0.2, 0) is 20.2 Å². The molecule has 1 atom stereocenters. The van der Waals surface area contributed by atoms with Crippen molar-refractivity contribution in [3.05, 3.63) is 107 Å². The number of anilines is 2. The number of ether oxygens (including phenoxy) is 1. The number of methoxy groups -OCH3 is 1. The number of hydrogen-bond acceptors (Lipinski definition) is 11. The van der Waals surface area contributed by atoms with E-state index in [9.17, 15) is 31.6 Å². The lowest BCUT2D eigenvalue weighted by molar-refractivity contribution is 0.0637. The minimum Gasteiger partial charge on any atom is -0.453 e. The molecule has 54 heavy (non-hydrogen) atoms. The minimum absolute atomic E-state index is 0.0613. The molecule has 0 saturated heterocycles. The molecular formula is C36H32F3N7O6S2. The van der Waals surface area contributed by atoms with E-state index in [0.29, 0.717) is 15.6 Å². The summed E-state index contributed by atoms with van der Waals surface area (Å²) in [5.41, 5.74) is -0.303. The summed E-state index contributed by atoms with van der Waals surface area (Å²) < 4.78 is 77.8. The Balaban J connectivity index is 1.30. The van der Waals surface area contributed by atoms with Gasteiger partial charge in [0.15, 0.2) is 10.7 Å². The van der Waals surface area contributed by atoms with Crippen molar-refractivity contribution in [3.63, 3.8) is 0 Å². The molecule has 3 aromatic carbocycles. The van der Waals surface area contributed by atoms with Gasteiger partial charge in [-0.1, -0.05) is 45.0 Å². The highest BCUT2D eigenvalue weighted by atomic mass is 32.2. The van der Waals surface area contributed by atoms with E-state index in [0.717, 1.165) is 29.2 Å². The first-order valence-electron chi connectivity index (χ1n) is 16.2. The Bertz CT molecular complexity index is 2350. The smallest absolute Gasteiger partial charge is 0.407 e. The summed E-state index contributed by atoms with van der Waals surface area (Å²) in [6.45, 7) is 5.44. The number of amides is 3. The molecule has 0 spiro atoms. The van der Waals surface area contributed by atoms with E-state index in [1.807, 2.05) is 25.5 Å². The van der Waals surface area contributed by atoms with Crippen molar-refractivity contribution in [2.45, 2.75) is 37.1 Å². The Morgan fingerprint density at radius 2 is 1.54 bits per heavy atom. The molecule has 3 heterocycles. The van der Waals surface area contributed by atoms with Gasteiger partial charge in [0, 0.05) is 23.7 Å². The zero-order valence-corrected chi connectivity index (χ0v) is 30.7. The highest BCUT2D eigenvalue weighted by Crippen LogP contribution is 2.42. The lowest BCUT2D eigenvalue weighted by atomic mass is 9.98. The van der Waals surface area contributed by atoms with E-state index in [4.69, 9.17) is 9.72 Å². The van der Waals surface area contributed by atoms with Crippen LogP contribution in [0.4, 0.5) is 29.6 Å². The Hall–Kier alpha value is -5.88. The molecule has 280 valence electrons. The van der Waals surface area contributed by atoms with Crippen LogP contribution in [0.2, 0.25) is 0 Å². The highest BCUT2D eigenvalue weighted by Gasteiger charge is 2.37. The normalized spacial score (nSPS) is 13.4. The standard InChI is InChI=1S/C36H32F3N7O6S2/c1-36(2,3)33-44-28(22-11-7-14-25(27(22)39)45-54(50,51)30-23(37)12-8-13-24(30)38)29(53-33)26-15-16-40-34(43-26)41-17-19(42-35(49)52-4)18-46-31(47)20-9-5-6-10-21(20)32(46)48/h5-16,19,45H,17-18H2,1-4H3,(H,42,49)(H,40,41,43). The fourth-order valence-corrected chi connectivity index (χ4v) is 7.83. The zero-order chi connectivity index (χ0) is 38.9. The lowest BCUT2D eigenvalue weighted by Gasteiger charge is -2.23. The van der Waals surface area contributed by atoms with E-state index in [-0.39, 0.29) is 41.4 Å². The summed E-state index contributed by atoms with van der Waals surface area (Å²) in [6.07, 6.45) is 0.629. The first-order chi connectivity index (χ1) is 25.6. The monoisotopic (exact) mass is 779 g/mol. The van der Waals surface area contributed by atoms with Crippen LogP contribution in [0.1, 0.15) is 46.5 Å². The Morgan fingerprint density at radius 3 is 2.17 bits per heavy atom. The van der Waals surface area contributed by atoms with Gasteiger partial charge in [0.05, 0.1) is 57.8 Å². The Morgan fingerprint density at radius 1 is 0.907 bits per heavy atom. The van der Waals surface area contributed by atoms with Crippen LogP contribution in [0, 0.1) is 17.5 Å². The van der Waals surface area contributed by atoms with Crippen molar-refractivity contribution in [2.75, 3.05) is 30.2 Å². The number of alkyl carbamates (subject to hydrolysis) is 1. The van der Waals surface area contributed by atoms with Gasteiger partial charge in [-0.2, -0.15) is 0 Å². The molecule has 3 amide bonds. The molecule has 0 radical (unpaired) electrons. The maximum absolute atomic E-state index is 16.2. The van der Waals surface area contributed by atoms with Gasteiger partial charge in [-0.05, 0) is 42.5 Å². The molecule has 0 saturated carbocycles. The Kier molecular flexibility index (Phi) is 10.4. The van der Waals surface area contributed by atoms with Crippen LogP contribution >= 0.6 is 11.3 Å². The molecule has 3 N–H and O–H groups in total. The third-order valence-corrected chi connectivity index (χ3v) is 11.1. The number of halogens is 3. The number of fused-ring (bicyclic) bond motifs is 1. The second-order valence-corrected chi connectivity index (χ2v) is 15.6. The van der Waals surface area contributed by atoms with Crippen molar-refractivity contribution in [3.8, 4) is 21.8 Å². The number of rotatable bonds is 11. The molecule has 5 aromatic rings. The third-order valence-electron chi connectivity index (χ3n) is 8.14. The molecule has 0 bridgehead atoms. The van der Waals surface area contributed by atoms with Gasteiger partial charge >= 0.3 is 6.09 Å². The fraction of sp³-hybridized carbons (Fsp3) is 0.222. The quantitative estimate of drug-likeness (QED) is 0.131. The lowest BCUT2D eigenvalue weighted by Crippen LogP contribution is -2.49. The average molecular weight is 780 g/mol. The van der Waals surface area contributed by atoms with Crippen molar-refractivity contribution < 1.29 is 40.7 Å². The molecule has 1 aliphatic heterocycles. The van der Waals surface area contributed by atoms with Crippen molar-refractivity contribution in [2.24, 2.45) is 0 Å². The second kappa shape index (κ2) is 14.9. The van der Waals surface area contributed by atoms with Gasteiger partial charge in [0.25, 0.3) is 21.8 Å². The predicted molar refractivity (Wildman–Crippen MR) is 194 cm³/mol. The number of imide groups is 1. The maximum atomic E-state index is 16.2. The predicted octanol–water partition coefficient (Wildman–Crippen LogP) is 6.22. The highest BCUT2D eigenvalue weighted by molar-refractivity contribution is 7.92. The van der Waals surface area contributed by atoms with Gasteiger partial charge in [-0.15, -0.1) is 11.3 Å². The Labute approximate surface area is 311 Å². The third kappa shape index (κ3) is 7.60. The molecule has 2 aromatic heterocycles. The number of benzene rings is 3. The van der Waals surface area contributed by atoms with E-state index < -0.39 is 67.4 Å². The summed E-state index contributed by atoms with van der Waals surface area (Å²) in [5.74, 6) is -4.71. The molecular weight excluding hydrogens is 748 g/mol. The number of carbonyl (C=O) groups is 3. The number of nitrogens with zero attached hydrogens (tertiary/aromatic N) is 4. The number of nitrogens with one attached hydrogen (secondary N) is 3. The van der Waals surface area contributed by atoms with Crippen LogP contribution in [0.5, 0.6) is 0 Å². The molecule has 0 fully saturated rings. The van der Waals surface area contributed by atoms with Crippen LogP contribution in [-0.4, -0.2) is 72.4 Å². The van der Waals surface area contributed by atoms with E-state index in [1.165, 1.54) is 36.8 Å². The summed E-state index contributed by atoms with van der Waals surface area (Å²) >= 11 is 1.21. The first kappa shape index (κ1) is 37.9. The number of carbonyl (C=O) groups excluding carboxylic acids is 3. The van der Waals surface area contributed by atoms with Gasteiger partial charge in [-0.3, -0.25) is 19.2 Å². The molecule has 0 aliphatic carbocycles. The number of thiazole rings is 1. The van der Waals surface area contributed by atoms with Gasteiger partial charge in [0.1, 0.15) is 11.6 Å². The van der Waals surface area contributed by atoms with Crippen molar-refractivity contribution in [1.29, 1.82) is 0 Å². The van der Waals surface area contributed by atoms with Gasteiger partial charge in [0.2, 0.25) is 5.95 Å². The summed E-state index contributed by atoms with van der Waals surface area (Å²) in [7, 11) is -3.72. The van der Waals surface area contributed by atoms with Crippen molar-refractivity contribution >= 4 is 50.9 Å². The largest absolute Gasteiger partial charge is 0.453 e. The maximum Gasteiger partial charge on any atom is 0.407 e. The fourth-order valence-electron chi connectivity index (χ4n) is 5.52. The SMILES string of the molecule is COC(=O)NC(CNc1nccc(-c2sc(C(C)(C)C)nc2-c2cccc(NS(=O)(=O)c3c(F)cccc3F)c2F)n1)CN1C(=O)c2ccccc2C1=O. The van der Waals surface area contributed by atoms with Crippen molar-refractivity contribution in [1.82, 2.24) is 25.2 Å². The molecule has 18 heteroatoms. The topological polar surface area (TPSA) is 173 Å². The number of sulfonamides is 1. The van der Waals surface area contributed by atoms with E-state index in [1.54, 1.807) is 30.3 Å². The average Bonchev–Trinajstić information content (AvgIpc) is 3.68. The van der Waals surface area contributed by atoms with Crippen LogP contribution in [0.15, 0.2) is 77.8 Å². The van der Waals surface area contributed by atoms with E-state index >= 15 is 4.39 Å². The van der Waals surface area contributed by atoms with Crippen LogP contribution in [0.3, 0.4) is 0 Å². The first-order valence-corrected chi connectivity index (χ1v) is 18.5. The van der Waals surface area contributed by atoms with E-state index in [2.05, 4.69) is 20.6 Å². The van der Waals surface area contributed by atoms with Gasteiger partial charge in [-0.25, -0.2) is 41.3 Å². The van der Waals surface area contributed by atoms with Crippen LogP contribution in [0.25, 0.3) is 21.8 Å². The second-order valence-electron chi connectivity index (χ2n) is 13.0. The molecule has 6 rings (SSSR count). The zero-order valence-electron chi connectivity index (χ0n) is 29.1. The van der Waals surface area contributed by atoms with Gasteiger partial charge < -0.3 is 15.4 Å². The number of aromatic nitrogens is 3.